The maximum absolute atomic E-state index is 12.3. The van der Waals surface area contributed by atoms with Crippen LogP contribution in [0, 0.1) is 0 Å². The SMILES string of the molecule is O=C(CNC(=O)c1cccc(Br)c1)NC1(c2ccccc2)CCC1. The van der Waals surface area contributed by atoms with Gasteiger partial charge in [0.1, 0.15) is 0 Å². The van der Waals surface area contributed by atoms with Crippen LogP contribution in [0.15, 0.2) is 59.1 Å². The molecule has 2 N–H and O–H groups in total. The van der Waals surface area contributed by atoms with Gasteiger partial charge in [0, 0.05) is 10.0 Å². The van der Waals surface area contributed by atoms with E-state index in [-0.39, 0.29) is 23.9 Å². The van der Waals surface area contributed by atoms with Crippen LogP contribution in [0.25, 0.3) is 0 Å². The Balaban J connectivity index is 1.58. The second-order valence-corrected chi connectivity index (χ2v) is 6.96. The summed E-state index contributed by atoms with van der Waals surface area (Å²) < 4.78 is 0.831. The number of carbonyl (C=O) groups excluding carboxylic acids is 2. The van der Waals surface area contributed by atoms with Gasteiger partial charge >= 0.3 is 0 Å². The number of nitrogens with one attached hydrogen (secondary N) is 2. The number of benzene rings is 2. The number of amides is 2. The molecule has 0 aromatic heterocycles. The first kappa shape index (κ1) is 16.7. The van der Waals surface area contributed by atoms with E-state index in [1.807, 2.05) is 36.4 Å². The predicted molar refractivity (Wildman–Crippen MR) is 96.6 cm³/mol. The fourth-order valence-electron chi connectivity index (χ4n) is 2.98. The van der Waals surface area contributed by atoms with Crippen molar-refractivity contribution in [1.82, 2.24) is 10.6 Å². The smallest absolute Gasteiger partial charge is 0.251 e. The summed E-state index contributed by atoms with van der Waals surface area (Å²) in [6.45, 7) is -0.0278. The van der Waals surface area contributed by atoms with Crippen molar-refractivity contribution in [3.8, 4) is 0 Å². The van der Waals surface area contributed by atoms with E-state index in [4.69, 9.17) is 0 Å². The summed E-state index contributed by atoms with van der Waals surface area (Å²) in [5.74, 6) is -0.421. The Morgan fingerprint density at radius 2 is 1.79 bits per heavy atom. The van der Waals surface area contributed by atoms with Crippen molar-refractivity contribution in [2.24, 2.45) is 0 Å². The van der Waals surface area contributed by atoms with Crippen LogP contribution >= 0.6 is 15.9 Å². The van der Waals surface area contributed by atoms with Gasteiger partial charge in [0.15, 0.2) is 0 Å². The molecule has 3 rings (SSSR count). The first-order valence-corrected chi connectivity index (χ1v) is 8.79. The van der Waals surface area contributed by atoms with Gasteiger partial charge in [-0.1, -0.05) is 52.3 Å². The first-order chi connectivity index (χ1) is 11.6. The Morgan fingerprint density at radius 3 is 2.42 bits per heavy atom. The highest BCUT2D eigenvalue weighted by Gasteiger charge is 2.39. The molecule has 2 aromatic rings. The third-order valence-corrected chi connectivity index (χ3v) is 4.90. The first-order valence-electron chi connectivity index (χ1n) is 7.99. The Bertz CT molecular complexity index is 742. The quantitative estimate of drug-likeness (QED) is 0.827. The third kappa shape index (κ3) is 3.67. The highest BCUT2D eigenvalue weighted by molar-refractivity contribution is 9.10. The Hall–Kier alpha value is -2.14. The van der Waals surface area contributed by atoms with E-state index in [2.05, 4.69) is 26.6 Å². The molecule has 4 nitrogen and oxygen atoms in total. The van der Waals surface area contributed by atoms with Crippen molar-refractivity contribution in [3.05, 3.63) is 70.2 Å². The zero-order chi connectivity index (χ0) is 17.0. The molecule has 5 heteroatoms. The van der Waals surface area contributed by atoms with E-state index >= 15 is 0 Å². The predicted octanol–water partition coefficient (Wildman–Crippen LogP) is 3.37. The van der Waals surface area contributed by atoms with E-state index in [0.29, 0.717) is 5.56 Å². The van der Waals surface area contributed by atoms with Gasteiger partial charge in [-0.15, -0.1) is 0 Å². The highest BCUT2D eigenvalue weighted by Crippen LogP contribution is 2.40. The number of rotatable bonds is 5. The monoisotopic (exact) mass is 386 g/mol. The molecule has 1 aliphatic carbocycles. The van der Waals surface area contributed by atoms with Crippen LogP contribution < -0.4 is 10.6 Å². The molecular formula is C19H19BrN2O2. The molecule has 2 amide bonds. The van der Waals surface area contributed by atoms with E-state index in [9.17, 15) is 9.59 Å². The van der Waals surface area contributed by atoms with Gasteiger partial charge in [-0.25, -0.2) is 0 Å². The molecule has 0 bridgehead atoms. The maximum atomic E-state index is 12.3. The fraction of sp³-hybridized carbons (Fsp3) is 0.263. The molecule has 0 unspecified atom stereocenters. The summed E-state index contributed by atoms with van der Waals surface area (Å²) in [7, 11) is 0. The molecule has 0 spiro atoms. The molecule has 0 radical (unpaired) electrons. The minimum atomic E-state index is -0.279. The summed E-state index contributed by atoms with van der Waals surface area (Å²) in [6, 6.07) is 17.1. The zero-order valence-electron chi connectivity index (χ0n) is 13.2. The van der Waals surface area contributed by atoms with Gasteiger partial charge in [-0.2, -0.15) is 0 Å². The lowest BCUT2D eigenvalue weighted by Gasteiger charge is -2.43. The number of halogens is 1. The summed E-state index contributed by atoms with van der Waals surface area (Å²) in [6.07, 6.45) is 2.96. The lowest BCUT2D eigenvalue weighted by atomic mass is 9.72. The van der Waals surface area contributed by atoms with Crippen LogP contribution in [-0.4, -0.2) is 18.4 Å². The Labute approximate surface area is 149 Å². The summed E-state index contributed by atoms with van der Waals surface area (Å²) in [5.41, 5.74) is 1.38. The Morgan fingerprint density at radius 1 is 1.04 bits per heavy atom. The molecule has 0 heterocycles. The van der Waals surface area contributed by atoms with Crippen LogP contribution in [0.5, 0.6) is 0 Å². The number of hydrogen-bond donors (Lipinski definition) is 2. The number of hydrogen-bond acceptors (Lipinski definition) is 2. The van der Waals surface area contributed by atoms with Gasteiger partial charge < -0.3 is 10.6 Å². The van der Waals surface area contributed by atoms with Crippen LogP contribution in [0.3, 0.4) is 0 Å². The van der Waals surface area contributed by atoms with E-state index in [0.717, 1.165) is 29.3 Å². The molecule has 2 aromatic carbocycles. The lowest BCUT2D eigenvalue weighted by Crippen LogP contribution is -2.53. The number of carbonyl (C=O) groups is 2. The van der Waals surface area contributed by atoms with Crippen molar-refractivity contribution >= 4 is 27.7 Å². The molecule has 0 aliphatic heterocycles. The average Bonchev–Trinajstić information content (AvgIpc) is 2.57. The lowest BCUT2D eigenvalue weighted by molar-refractivity contribution is -0.123. The summed E-state index contributed by atoms with van der Waals surface area (Å²) in [4.78, 5) is 24.4. The van der Waals surface area contributed by atoms with Crippen LogP contribution in [0.1, 0.15) is 35.2 Å². The van der Waals surface area contributed by atoms with E-state index in [1.54, 1.807) is 18.2 Å². The fourth-order valence-corrected chi connectivity index (χ4v) is 3.38. The van der Waals surface area contributed by atoms with E-state index < -0.39 is 0 Å². The Kier molecular flexibility index (Phi) is 5.00. The molecule has 1 saturated carbocycles. The van der Waals surface area contributed by atoms with Crippen molar-refractivity contribution in [3.63, 3.8) is 0 Å². The minimum Gasteiger partial charge on any atom is -0.345 e. The molecular weight excluding hydrogens is 368 g/mol. The van der Waals surface area contributed by atoms with Gasteiger partial charge in [0.2, 0.25) is 5.91 Å². The third-order valence-electron chi connectivity index (χ3n) is 4.41. The largest absolute Gasteiger partial charge is 0.345 e. The van der Waals surface area contributed by atoms with Crippen molar-refractivity contribution in [2.75, 3.05) is 6.54 Å². The summed E-state index contributed by atoms with van der Waals surface area (Å²) in [5, 5.41) is 5.78. The molecule has 1 aliphatic rings. The topological polar surface area (TPSA) is 58.2 Å². The van der Waals surface area contributed by atoms with Crippen molar-refractivity contribution in [2.45, 2.75) is 24.8 Å². The van der Waals surface area contributed by atoms with Gasteiger partial charge in [0.25, 0.3) is 5.91 Å². The normalized spacial score (nSPS) is 15.2. The van der Waals surface area contributed by atoms with Crippen LogP contribution in [-0.2, 0) is 10.3 Å². The molecule has 24 heavy (non-hydrogen) atoms. The van der Waals surface area contributed by atoms with Crippen LogP contribution in [0.2, 0.25) is 0 Å². The molecule has 124 valence electrons. The van der Waals surface area contributed by atoms with Crippen LogP contribution in [0.4, 0.5) is 0 Å². The van der Waals surface area contributed by atoms with Crippen molar-refractivity contribution < 1.29 is 9.59 Å². The highest BCUT2D eigenvalue weighted by atomic mass is 79.9. The second-order valence-electron chi connectivity index (χ2n) is 6.04. The van der Waals surface area contributed by atoms with Gasteiger partial charge in [-0.3, -0.25) is 9.59 Å². The summed E-state index contributed by atoms with van der Waals surface area (Å²) >= 11 is 3.33. The van der Waals surface area contributed by atoms with Gasteiger partial charge in [-0.05, 0) is 43.0 Å². The van der Waals surface area contributed by atoms with Crippen molar-refractivity contribution in [1.29, 1.82) is 0 Å². The maximum Gasteiger partial charge on any atom is 0.251 e. The standard InChI is InChI=1S/C19H19BrN2O2/c20-16-9-4-6-14(12-16)18(24)21-13-17(23)22-19(10-5-11-19)15-7-2-1-3-8-15/h1-4,6-9,12H,5,10-11,13H2,(H,21,24)(H,22,23). The second kappa shape index (κ2) is 7.18. The molecule has 1 fully saturated rings. The van der Waals surface area contributed by atoms with Gasteiger partial charge in [0.05, 0.1) is 12.1 Å². The van der Waals surface area contributed by atoms with E-state index in [1.165, 1.54) is 0 Å². The minimum absolute atomic E-state index is 0.0278. The molecule has 0 atom stereocenters. The zero-order valence-corrected chi connectivity index (χ0v) is 14.8. The molecule has 0 saturated heterocycles. The average molecular weight is 387 g/mol.